The number of ether oxygens (including phenoxy) is 2. The fourth-order valence-corrected chi connectivity index (χ4v) is 3.60. The Bertz CT molecular complexity index is 1280. The van der Waals surface area contributed by atoms with E-state index < -0.39 is 17.2 Å². The zero-order chi connectivity index (χ0) is 24.0. The monoisotopic (exact) mass is 488 g/mol. The van der Waals surface area contributed by atoms with Gasteiger partial charge in [0.25, 0.3) is 5.56 Å². The average molecular weight is 489 g/mol. The Morgan fingerprint density at radius 2 is 1.97 bits per heavy atom. The van der Waals surface area contributed by atoms with E-state index in [1.807, 2.05) is 6.07 Å². The van der Waals surface area contributed by atoms with E-state index in [-0.39, 0.29) is 35.6 Å². The van der Waals surface area contributed by atoms with Crippen LogP contribution < -0.4 is 10.3 Å². The van der Waals surface area contributed by atoms with Crippen molar-refractivity contribution in [2.45, 2.75) is 19.6 Å². The lowest BCUT2D eigenvalue weighted by atomic mass is 10.0. The number of benzene rings is 2. The van der Waals surface area contributed by atoms with Crippen LogP contribution in [0.4, 0.5) is 4.39 Å². The molecule has 0 amide bonds. The normalized spacial score (nSPS) is 10.6. The maximum absolute atomic E-state index is 14.0. The molecule has 6 nitrogen and oxygen atoms in total. The second kappa shape index (κ2) is 11.1. The summed E-state index contributed by atoms with van der Waals surface area (Å²) in [6.45, 7) is 0.674. The van der Waals surface area contributed by atoms with Gasteiger partial charge in [0.15, 0.2) is 5.78 Å². The van der Waals surface area contributed by atoms with Crippen LogP contribution >= 0.6 is 23.2 Å². The number of nitriles is 1. The molecule has 3 aromatic rings. The summed E-state index contributed by atoms with van der Waals surface area (Å²) in [7, 11) is 1.53. The van der Waals surface area contributed by atoms with E-state index >= 15 is 0 Å². The second-order valence-corrected chi connectivity index (χ2v) is 7.94. The summed E-state index contributed by atoms with van der Waals surface area (Å²) < 4.78 is 26.1. The lowest BCUT2D eigenvalue weighted by molar-refractivity contribution is 0.103. The van der Waals surface area contributed by atoms with Gasteiger partial charge in [-0.15, -0.1) is 0 Å². The van der Waals surface area contributed by atoms with Gasteiger partial charge in [-0.25, -0.2) is 4.39 Å². The molecule has 0 saturated heterocycles. The topological polar surface area (TPSA) is 81.3 Å². The van der Waals surface area contributed by atoms with Crippen molar-refractivity contribution in [3.05, 3.63) is 97.1 Å². The van der Waals surface area contributed by atoms with E-state index in [0.717, 1.165) is 6.07 Å². The Labute approximate surface area is 199 Å². The van der Waals surface area contributed by atoms with E-state index in [0.29, 0.717) is 28.6 Å². The molecule has 0 spiro atoms. The summed E-state index contributed by atoms with van der Waals surface area (Å²) in [6, 6.07) is 11.5. The first-order valence-corrected chi connectivity index (χ1v) is 10.6. The number of carbonyl (C=O) groups is 1. The molecule has 0 aliphatic rings. The Morgan fingerprint density at radius 3 is 2.67 bits per heavy atom. The summed E-state index contributed by atoms with van der Waals surface area (Å²) in [5.74, 6) is -1.10. The number of hydrogen-bond donors (Lipinski definition) is 0. The minimum atomic E-state index is -0.635. The first kappa shape index (κ1) is 24.5. The number of nitrogens with zero attached hydrogens (tertiary/aromatic N) is 2. The molecular weight excluding hydrogens is 470 g/mol. The predicted octanol–water partition coefficient (Wildman–Crippen LogP) is 5.01. The number of carbonyl (C=O) groups excluding carboxylic acids is 1. The van der Waals surface area contributed by atoms with Gasteiger partial charge in [-0.1, -0.05) is 29.3 Å². The lowest BCUT2D eigenvalue weighted by Gasteiger charge is -2.13. The smallest absolute Gasteiger partial charge is 0.268 e. The molecule has 2 aromatic carbocycles. The van der Waals surface area contributed by atoms with Gasteiger partial charge in [0.05, 0.1) is 5.56 Å². The molecule has 0 N–H and O–H groups in total. The number of halogens is 3. The summed E-state index contributed by atoms with van der Waals surface area (Å²) >= 11 is 12.1. The van der Waals surface area contributed by atoms with E-state index in [4.69, 9.17) is 32.7 Å². The Morgan fingerprint density at radius 1 is 1.18 bits per heavy atom. The van der Waals surface area contributed by atoms with Gasteiger partial charge in [0.1, 0.15) is 29.8 Å². The average Bonchev–Trinajstić information content (AvgIpc) is 2.80. The van der Waals surface area contributed by atoms with Crippen LogP contribution in [0.2, 0.25) is 10.0 Å². The van der Waals surface area contributed by atoms with Crippen LogP contribution in [-0.2, 0) is 17.9 Å². The van der Waals surface area contributed by atoms with Gasteiger partial charge < -0.3 is 14.0 Å². The van der Waals surface area contributed by atoms with Crippen molar-refractivity contribution in [2.24, 2.45) is 0 Å². The van der Waals surface area contributed by atoms with E-state index in [9.17, 15) is 19.2 Å². The maximum Gasteiger partial charge on any atom is 0.268 e. The van der Waals surface area contributed by atoms with Crippen molar-refractivity contribution < 1.29 is 18.7 Å². The van der Waals surface area contributed by atoms with Crippen molar-refractivity contribution in [1.82, 2.24) is 4.57 Å². The zero-order valence-electron chi connectivity index (χ0n) is 17.6. The molecule has 170 valence electrons. The van der Waals surface area contributed by atoms with Gasteiger partial charge in [0, 0.05) is 47.6 Å². The fourth-order valence-electron chi connectivity index (χ4n) is 3.14. The highest BCUT2D eigenvalue weighted by atomic mass is 35.5. The highest BCUT2D eigenvalue weighted by molar-refractivity contribution is 6.35. The SMILES string of the molecule is COCCCn1cc(C(=O)c2cc(F)ccc2OCc2ccc(Cl)cc2Cl)cc(C#N)c1=O. The third-order valence-corrected chi connectivity index (χ3v) is 5.39. The quantitative estimate of drug-likeness (QED) is 0.312. The number of hydrogen-bond acceptors (Lipinski definition) is 5. The predicted molar refractivity (Wildman–Crippen MR) is 123 cm³/mol. The molecule has 1 aromatic heterocycles. The van der Waals surface area contributed by atoms with Crippen LogP contribution in [0.3, 0.4) is 0 Å². The van der Waals surface area contributed by atoms with Crippen molar-refractivity contribution in [2.75, 3.05) is 13.7 Å². The highest BCUT2D eigenvalue weighted by Gasteiger charge is 2.19. The molecule has 3 rings (SSSR count). The molecule has 0 atom stereocenters. The minimum Gasteiger partial charge on any atom is -0.488 e. The first-order chi connectivity index (χ1) is 15.8. The van der Waals surface area contributed by atoms with E-state index in [1.54, 1.807) is 18.2 Å². The summed E-state index contributed by atoms with van der Waals surface area (Å²) in [5.41, 5.74) is -0.0693. The van der Waals surface area contributed by atoms with E-state index in [2.05, 4.69) is 0 Å². The Balaban J connectivity index is 1.95. The molecule has 33 heavy (non-hydrogen) atoms. The molecule has 0 radical (unpaired) electrons. The number of pyridine rings is 1. The molecule has 0 aliphatic carbocycles. The molecule has 0 unspecified atom stereocenters. The summed E-state index contributed by atoms with van der Waals surface area (Å²) in [5, 5.41) is 10.2. The van der Waals surface area contributed by atoms with Crippen LogP contribution in [0.5, 0.6) is 5.75 Å². The second-order valence-electron chi connectivity index (χ2n) is 7.09. The zero-order valence-corrected chi connectivity index (χ0v) is 19.1. The Hall–Kier alpha value is -3.18. The molecule has 0 fully saturated rings. The van der Waals surface area contributed by atoms with E-state index in [1.165, 1.54) is 36.1 Å². The molecule has 0 aliphatic heterocycles. The molecular formula is C24H19Cl2FN2O4. The molecule has 0 bridgehead atoms. The third-order valence-electron chi connectivity index (χ3n) is 4.80. The van der Waals surface area contributed by atoms with Crippen LogP contribution in [0, 0.1) is 17.1 Å². The van der Waals surface area contributed by atoms with Crippen LogP contribution in [0.25, 0.3) is 0 Å². The highest BCUT2D eigenvalue weighted by Crippen LogP contribution is 2.27. The number of ketones is 1. The maximum atomic E-state index is 14.0. The molecule has 0 saturated carbocycles. The molecule has 9 heteroatoms. The van der Waals surface area contributed by atoms with Crippen molar-refractivity contribution in [1.29, 1.82) is 5.26 Å². The summed E-state index contributed by atoms with van der Waals surface area (Å²) in [6.07, 6.45) is 1.86. The number of aromatic nitrogens is 1. The summed E-state index contributed by atoms with van der Waals surface area (Å²) in [4.78, 5) is 25.7. The van der Waals surface area contributed by atoms with Crippen molar-refractivity contribution >= 4 is 29.0 Å². The standard InChI is InChI=1S/C24H19Cl2FN2O4/c1-32-8-2-7-29-13-17(9-16(12-28)24(29)31)23(30)20-11-19(27)5-6-22(20)33-14-15-3-4-18(25)10-21(15)26/h3-6,9-11,13H,2,7-8,14H2,1H3. The Kier molecular flexibility index (Phi) is 8.23. The van der Waals surface area contributed by atoms with Crippen molar-refractivity contribution in [3.63, 3.8) is 0 Å². The minimum absolute atomic E-state index is 0.0157. The van der Waals surface area contributed by atoms with Crippen molar-refractivity contribution in [3.8, 4) is 11.8 Å². The fraction of sp³-hybridized carbons (Fsp3) is 0.208. The first-order valence-electron chi connectivity index (χ1n) is 9.88. The largest absolute Gasteiger partial charge is 0.488 e. The van der Waals surface area contributed by atoms with Gasteiger partial charge in [0.2, 0.25) is 0 Å². The van der Waals surface area contributed by atoms with Gasteiger partial charge >= 0.3 is 0 Å². The number of aryl methyl sites for hydroxylation is 1. The molecule has 1 heterocycles. The third kappa shape index (κ3) is 5.99. The van der Waals surface area contributed by atoms with Gasteiger partial charge in [-0.2, -0.15) is 5.26 Å². The van der Waals surface area contributed by atoms with Crippen LogP contribution in [0.15, 0.2) is 53.5 Å². The number of methoxy groups -OCH3 is 1. The van der Waals surface area contributed by atoms with Crippen LogP contribution in [0.1, 0.15) is 33.5 Å². The lowest BCUT2D eigenvalue weighted by Crippen LogP contribution is -2.24. The van der Waals surface area contributed by atoms with Gasteiger partial charge in [-0.3, -0.25) is 9.59 Å². The van der Waals surface area contributed by atoms with Gasteiger partial charge in [-0.05, 0) is 42.8 Å². The van der Waals surface area contributed by atoms with Crippen LogP contribution in [-0.4, -0.2) is 24.1 Å². The number of rotatable bonds is 9.